The van der Waals surface area contributed by atoms with Crippen LogP contribution in [-0.4, -0.2) is 23.6 Å². The van der Waals surface area contributed by atoms with E-state index in [4.69, 9.17) is 9.47 Å². The second-order valence-electron chi connectivity index (χ2n) is 5.91. The van der Waals surface area contributed by atoms with E-state index >= 15 is 0 Å². The van der Waals surface area contributed by atoms with Crippen molar-refractivity contribution in [3.8, 4) is 11.5 Å². The van der Waals surface area contributed by atoms with E-state index < -0.39 is 0 Å². The number of benzene rings is 2. The van der Waals surface area contributed by atoms with Crippen LogP contribution in [0.1, 0.15) is 25.8 Å². The fourth-order valence-corrected chi connectivity index (χ4v) is 6.26. The van der Waals surface area contributed by atoms with Gasteiger partial charge in [0.15, 0.2) is 0 Å². The lowest BCUT2D eigenvalue weighted by Crippen LogP contribution is -2.37. The minimum atomic E-state index is -0.255. The van der Waals surface area contributed by atoms with E-state index in [0.717, 1.165) is 28.6 Å². The Morgan fingerprint density at radius 2 is 1.60 bits per heavy atom. The standard InChI is InChI=1S/C20H22O3S2/c1-15(22-16(2)21)20(24-13-6-14-25-20)17-9-11-19(12-10-17)23-18-7-4-3-5-8-18/h3-5,7-12,15H,6,13-14H2,1-2H3. The average Bonchev–Trinajstić information content (AvgIpc) is 2.63. The monoisotopic (exact) mass is 374 g/mol. The highest BCUT2D eigenvalue weighted by atomic mass is 32.2. The first-order valence-electron chi connectivity index (χ1n) is 8.39. The molecule has 1 unspecified atom stereocenters. The van der Waals surface area contributed by atoms with Gasteiger partial charge in [-0.3, -0.25) is 4.79 Å². The van der Waals surface area contributed by atoms with Gasteiger partial charge in [-0.05, 0) is 54.7 Å². The van der Waals surface area contributed by atoms with Crippen molar-refractivity contribution in [2.45, 2.75) is 30.5 Å². The topological polar surface area (TPSA) is 35.5 Å². The number of thioether (sulfide) groups is 2. The number of carbonyl (C=O) groups excluding carboxylic acids is 1. The molecule has 1 aliphatic rings. The maximum absolute atomic E-state index is 11.5. The largest absolute Gasteiger partial charge is 0.460 e. The third kappa shape index (κ3) is 4.33. The zero-order chi connectivity index (χ0) is 17.7. The van der Waals surface area contributed by atoms with Gasteiger partial charge in [0.25, 0.3) is 0 Å². The molecule has 1 aliphatic heterocycles. The van der Waals surface area contributed by atoms with E-state index in [1.165, 1.54) is 13.3 Å². The van der Waals surface area contributed by atoms with Gasteiger partial charge in [-0.25, -0.2) is 0 Å². The molecule has 3 rings (SSSR count). The molecule has 1 fully saturated rings. The third-order valence-corrected chi connectivity index (χ3v) is 7.72. The Morgan fingerprint density at radius 1 is 1.00 bits per heavy atom. The van der Waals surface area contributed by atoms with Gasteiger partial charge in [-0.15, -0.1) is 23.5 Å². The van der Waals surface area contributed by atoms with Gasteiger partial charge >= 0.3 is 5.97 Å². The maximum Gasteiger partial charge on any atom is 0.302 e. The molecule has 0 aliphatic carbocycles. The number of para-hydroxylation sites is 1. The van der Waals surface area contributed by atoms with E-state index in [2.05, 4.69) is 12.1 Å². The Labute approximate surface area is 157 Å². The van der Waals surface area contributed by atoms with Crippen LogP contribution in [0.3, 0.4) is 0 Å². The molecule has 2 aromatic rings. The number of ether oxygens (including phenoxy) is 2. The molecule has 0 spiro atoms. The van der Waals surface area contributed by atoms with E-state index in [1.54, 1.807) is 0 Å². The predicted molar refractivity (Wildman–Crippen MR) is 105 cm³/mol. The molecule has 1 atom stereocenters. The number of rotatable bonds is 5. The van der Waals surface area contributed by atoms with Gasteiger partial charge in [0.05, 0.1) is 0 Å². The summed E-state index contributed by atoms with van der Waals surface area (Å²) >= 11 is 3.74. The number of esters is 1. The summed E-state index contributed by atoms with van der Waals surface area (Å²) in [6.45, 7) is 3.46. The highest BCUT2D eigenvalue weighted by molar-refractivity contribution is 8.18. The fourth-order valence-electron chi connectivity index (χ4n) is 2.89. The number of hydrogen-bond acceptors (Lipinski definition) is 5. The molecule has 132 valence electrons. The maximum atomic E-state index is 11.5. The Kier molecular flexibility index (Phi) is 5.97. The molecular weight excluding hydrogens is 352 g/mol. The van der Waals surface area contributed by atoms with Crippen molar-refractivity contribution >= 4 is 29.5 Å². The molecule has 0 bridgehead atoms. The van der Waals surface area contributed by atoms with E-state index in [0.29, 0.717) is 0 Å². The Bertz CT molecular complexity index is 695. The smallest absolute Gasteiger partial charge is 0.302 e. The van der Waals surface area contributed by atoms with Crippen molar-refractivity contribution in [2.75, 3.05) is 11.5 Å². The van der Waals surface area contributed by atoms with Crippen LogP contribution in [0.4, 0.5) is 0 Å². The summed E-state index contributed by atoms with van der Waals surface area (Å²) in [4.78, 5) is 11.5. The van der Waals surface area contributed by atoms with Gasteiger partial charge in [0.2, 0.25) is 0 Å². The number of carbonyl (C=O) groups is 1. The lowest BCUT2D eigenvalue weighted by atomic mass is 10.1. The summed E-state index contributed by atoms with van der Waals surface area (Å²) in [6.07, 6.45) is 0.986. The molecule has 25 heavy (non-hydrogen) atoms. The molecule has 0 N–H and O–H groups in total. The first-order valence-corrected chi connectivity index (χ1v) is 10.4. The number of hydrogen-bond donors (Lipinski definition) is 0. The molecule has 1 saturated heterocycles. The van der Waals surface area contributed by atoms with E-state index in [-0.39, 0.29) is 16.2 Å². The fraction of sp³-hybridized carbons (Fsp3) is 0.350. The Balaban J connectivity index is 1.82. The second-order valence-corrected chi connectivity index (χ2v) is 8.85. The predicted octanol–water partition coefficient (Wildman–Crippen LogP) is 5.45. The van der Waals surface area contributed by atoms with Crippen LogP contribution in [0.2, 0.25) is 0 Å². The van der Waals surface area contributed by atoms with Crippen LogP contribution >= 0.6 is 23.5 Å². The van der Waals surface area contributed by atoms with Gasteiger partial charge < -0.3 is 9.47 Å². The van der Waals surface area contributed by atoms with Crippen LogP contribution in [0.15, 0.2) is 54.6 Å². The molecular formula is C20H22O3S2. The molecule has 3 nitrogen and oxygen atoms in total. The van der Waals surface area contributed by atoms with Crippen LogP contribution in [0.25, 0.3) is 0 Å². The lowest BCUT2D eigenvalue weighted by molar-refractivity contribution is -0.145. The molecule has 2 aromatic carbocycles. The van der Waals surface area contributed by atoms with E-state index in [9.17, 15) is 4.79 Å². The average molecular weight is 375 g/mol. The van der Waals surface area contributed by atoms with Crippen LogP contribution in [0, 0.1) is 0 Å². The molecule has 0 saturated carbocycles. The highest BCUT2D eigenvalue weighted by Crippen LogP contribution is 2.53. The van der Waals surface area contributed by atoms with Gasteiger partial charge in [0.1, 0.15) is 21.7 Å². The zero-order valence-electron chi connectivity index (χ0n) is 14.4. The lowest BCUT2D eigenvalue weighted by Gasteiger charge is -2.40. The first kappa shape index (κ1) is 18.2. The summed E-state index contributed by atoms with van der Waals surface area (Å²) in [7, 11) is 0. The SMILES string of the molecule is CC(=O)OC(C)C1(c2ccc(Oc3ccccc3)cc2)SCCCS1. The summed E-state index contributed by atoms with van der Waals surface area (Å²) in [5.74, 6) is 3.53. The highest BCUT2D eigenvalue weighted by Gasteiger charge is 2.43. The summed E-state index contributed by atoms with van der Waals surface area (Å²) in [5.41, 5.74) is 1.16. The van der Waals surface area contributed by atoms with Crippen molar-refractivity contribution in [1.82, 2.24) is 0 Å². The van der Waals surface area contributed by atoms with Crippen molar-refractivity contribution in [3.05, 3.63) is 60.2 Å². The minimum absolute atomic E-state index is 0.193. The second kappa shape index (κ2) is 8.19. The van der Waals surface area contributed by atoms with Crippen LogP contribution in [-0.2, 0) is 13.6 Å². The van der Waals surface area contributed by atoms with Gasteiger partial charge in [-0.2, -0.15) is 0 Å². The first-order chi connectivity index (χ1) is 12.1. The Morgan fingerprint density at radius 3 is 2.20 bits per heavy atom. The third-order valence-electron chi connectivity index (χ3n) is 4.04. The molecule has 5 heteroatoms. The van der Waals surface area contributed by atoms with Crippen molar-refractivity contribution < 1.29 is 14.3 Å². The molecule has 0 radical (unpaired) electrons. The van der Waals surface area contributed by atoms with Gasteiger partial charge in [0, 0.05) is 6.92 Å². The molecule has 1 heterocycles. The van der Waals surface area contributed by atoms with Crippen molar-refractivity contribution in [1.29, 1.82) is 0 Å². The van der Waals surface area contributed by atoms with Crippen molar-refractivity contribution in [2.24, 2.45) is 0 Å². The molecule has 0 aromatic heterocycles. The summed E-state index contributed by atoms with van der Waals surface area (Å²) in [6, 6.07) is 17.9. The van der Waals surface area contributed by atoms with Crippen molar-refractivity contribution in [3.63, 3.8) is 0 Å². The summed E-state index contributed by atoms with van der Waals surface area (Å²) in [5, 5.41) is 0. The van der Waals surface area contributed by atoms with E-state index in [1.807, 2.05) is 72.9 Å². The quantitative estimate of drug-likeness (QED) is 0.650. The van der Waals surface area contributed by atoms with Crippen LogP contribution < -0.4 is 4.74 Å². The minimum Gasteiger partial charge on any atom is -0.460 e. The van der Waals surface area contributed by atoms with Gasteiger partial charge in [-0.1, -0.05) is 30.3 Å². The normalized spacial score (nSPS) is 17.5. The van der Waals surface area contributed by atoms with Crippen LogP contribution in [0.5, 0.6) is 11.5 Å². The molecule has 0 amide bonds. The summed E-state index contributed by atoms with van der Waals surface area (Å²) < 4.78 is 11.2. The Hall–Kier alpha value is -1.59. The zero-order valence-corrected chi connectivity index (χ0v) is 16.1.